The first-order valence-electron chi connectivity index (χ1n) is 7.88. The van der Waals surface area contributed by atoms with Gasteiger partial charge < -0.3 is 14.8 Å². The van der Waals surface area contributed by atoms with E-state index in [1.54, 1.807) is 0 Å². The van der Waals surface area contributed by atoms with E-state index in [1.807, 2.05) is 28.9 Å². The Morgan fingerprint density at radius 2 is 2.26 bits per heavy atom. The van der Waals surface area contributed by atoms with Gasteiger partial charge >= 0.3 is 5.69 Å². The molecule has 1 aliphatic rings. The summed E-state index contributed by atoms with van der Waals surface area (Å²) in [6.45, 7) is 3.68. The fraction of sp³-hybridized carbons (Fsp3) is 0.533. The van der Waals surface area contributed by atoms with Crippen LogP contribution in [0.25, 0.3) is 0 Å². The van der Waals surface area contributed by atoms with E-state index in [0.717, 1.165) is 31.8 Å². The predicted molar refractivity (Wildman–Crippen MR) is 87.7 cm³/mol. The van der Waals surface area contributed by atoms with Crippen LogP contribution in [0.2, 0.25) is 0 Å². The first-order valence-corrected chi connectivity index (χ1v) is 7.88. The monoisotopic (exact) mass is 318 g/mol. The zero-order chi connectivity index (χ0) is 16.4. The Labute approximate surface area is 133 Å². The number of aromatic nitrogens is 4. The van der Waals surface area contributed by atoms with E-state index in [4.69, 9.17) is 0 Å². The SMILES string of the molecule is CCC(N[C@H]1CCN(c2cc(=O)[nH]c(=O)[nH]2)C1)c1nccn1C. The van der Waals surface area contributed by atoms with Gasteiger partial charge in [-0.3, -0.25) is 14.8 Å². The highest BCUT2D eigenvalue weighted by atomic mass is 16.2. The maximum Gasteiger partial charge on any atom is 0.327 e. The van der Waals surface area contributed by atoms with E-state index in [9.17, 15) is 9.59 Å². The molecule has 1 fully saturated rings. The highest BCUT2D eigenvalue weighted by Gasteiger charge is 2.26. The number of aryl methyl sites for hydroxylation is 1. The second-order valence-electron chi connectivity index (χ2n) is 5.93. The van der Waals surface area contributed by atoms with Crippen molar-refractivity contribution >= 4 is 5.82 Å². The average molecular weight is 318 g/mol. The number of anilines is 1. The van der Waals surface area contributed by atoms with Gasteiger partial charge in [-0.25, -0.2) is 9.78 Å². The van der Waals surface area contributed by atoms with Gasteiger partial charge in [-0.1, -0.05) is 6.92 Å². The second-order valence-corrected chi connectivity index (χ2v) is 5.93. The molecule has 0 aromatic carbocycles. The number of hydrogen-bond donors (Lipinski definition) is 3. The van der Waals surface area contributed by atoms with Gasteiger partial charge in [0.05, 0.1) is 6.04 Å². The molecule has 2 aromatic heterocycles. The Balaban J connectivity index is 1.69. The number of rotatable bonds is 5. The quantitative estimate of drug-likeness (QED) is 0.727. The van der Waals surface area contributed by atoms with Crippen molar-refractivity contribution in [2.24, 2.45) is 7.05 Å². The van der Waals surface area contributed by atoms with Crippen LogP contribution in [0.1, 0.15) is 31.6 Å². The fourth-order valence-electron chi connectivity index (χ4n) is 3.11. The fourth-order valence-corrected chi connectivity index (χ4v) is 3.11. The lowest BCUT2D eigenvalue weighted by atomic mass is 10.1. The number of nitrogens with zero attached hydrogens (tertiary/aromatic N) is 3. The molecule has 2 atom stereocenters. The number of imidazole rings is 1. The molecule has 3 rings (SSSR count). The van der Waals surface area contributed by atoms with E-state index in [0.29, 0.717) is 11.9 Å². The highest BCUT2D eigenvalue weighted by molar-refractivity contribution is 5.38. The summed E-state index contributed by atoms with van der Waals surface area (Å²) in [4.78, 5) is 34.2. The maximum absolute atomic E-state index is 11.4. The molecule has 0 aliphatic carbocycles. The molecule has 1 saturated heterocycles. The lowest BCUT2D eigenvalue weighted by Gasteiger charge is -2.22. The van der Waals surface area contributed by atoms with Gasteiger partial charge in [-0.05, 0) is 12.8 Å². The van der Waals surface area contributed by atoms with Crippen molar-refractivity contribution in [1.82, 2.24) is 24.8 Å². The Hall–Kier alpha value is -2.35. The van der Waals surface area contributed by atoms with Gasteiger partial charge in [-0.15, -0.1) is 0 Å². The van der Waals surface area contributed by atoms with Gasteiger partial charge in [0.15, 0.2) is 0 Å². The van der Waals surface area contributed by atoms with Crippen molar-refractivity contribution in [3.8, 4) is 0 Å². The average Bonchev–Trinajstić information content (AvgIpc) is 3.13. The Bertz CT molecular complexity index is 748. The van der Waals surface area contributed by atoms with E-state index in [-0.39, 0.29) is 11.6 Å². The largest absolute Gasteiger partial charge is 0.356 e. The number of hydrogen-bond acceptors (Lipinski definition) is 5. The molecule has 8 heteroatoms. The van der Waals surface area contributed by atoms with Crippen LogP contribution in [-0.2, 0) is 7.05 Å². The van der Waals surface area contributed by atoms with Crippen LogP contribution in [0.4, 0.5) is 5.82 Å². The predicted octanol–water partition coefficient (Wildman–Crippen LogP) is 0.116. The summed E-state index contributed by atoms with van der Waals surface area (Å²) in [6.07, 6.45) is 5.65. The summed E-state index contributed by atoms with van der Waals surface area (Å²) >= 11 is 0. The summed E-state index contributed by atoms with van der Waals surface area (Å²) < 4.78 is 2.03. The van der Waals surface area contributed by atoms with E-state index in [1.165, 1.54) is 6.07 Å². The summed E-state index contributed by atoms with van der Waals surface area (Å²) in [7, 11) is 1.99. The van der Waals surface area contributed by atoms with Gasteiger partial charge in [0.25, 0.3) is 5.56 Å². The molecule has 23 heavy (non-hydrogen) atoms. The van der Waals surface area contributed by atoms with E-state index in [2.05, 4.69) is 27.2 Å². The highest BCUT2D eigenvalue weighted by Crippen LogP contribution is 2.20. The molecular formula is C15H22N6O2. The molecule has 0 spiro atoms. The van der Waals surface area contributed by atoms with Crippen LogP contribution >= 0.6 is 0 Å². The molecule has 2 aromatic rings. The molecule has 0 amide bonds. The van der Waals surface area contributed by atoms with Crippen molar-refractivity contribution in [2.45, 2.75) is 31.8 Å². The number of H-pyrrole nitrogens is 2. The van der Waals surface area contributed by atoms with Crippen molar-refractivity contribution in [2.75, 3.05) is 18.0 Å². The van der Waals surface area contributed by atoms with Crippen LogP contribution in [0, 0.1) is 0 Å². The third kappa shape index (κ3) is 3.37. The Kier molecular flexibility index (Phi) is 4.33. The van der Waals surface area contributed by atoms with E-state index < -0.39 is 5.69 Å². The van der Waals surface area contributed by atoms with Crippen molar-refractivity contribution < 1.29 is 0 Å². The Morgan fingerprint density at radius 3 is 2.91 bits per heavy atom. The maximum atomic E-state index is 11.4. The van der Waals surface area contributed by atoms with Gasteiger partial charge in [-0.2, -0.15) is 0 Å². The zero-order valence-electron chi connectivity index (χ0n) is 13.4. The number of aromatic amines is 2. The minimum Gasteiger partial charge on any atom is -0.356 e. The lowest BCUT2D eigenvalue weighted by molar-refractivity contribution is 0.422. The van der Waals surface area contributed by atoms with Crippen LogP contribution in [0.15, 0.2) is 28.0 Å². The standard InChI is InChI=1S/C15H22N6O2/c1-3-11(14-16-5-7-20(14)2)17-10-4-6-21(9-10)12-8-13(22)19-15(23)18-12/h5,7-8,10-11,17H,3-4,6,9H2,1-2H3,(H2,18,19,22,23)/t10-,11?/m0/s1. The molecule has 124 valence electrons. The third-order valence-corrected chi connectivity index (χ3v) is 4.29. The Morgan fingerprint density at radius 1 is 1.43 bits per heavy atom. The zero-order valence-corrected chi connectivity index (χ0v) is 13.4. The van der Waals surface area contributed by atoms with Crippen molar-refractivity contribution in [1.29, 1.82) is 0 Å². The molecule has 3 heterocycles. The summed E-state index contributed by atoms with van der Waals surface area (Å²) in [5.41, 5.74) is -0.844. The van der Waals surface area contributed by atoms with Crippen LogP contribution in [0.5, 0.6) is 0 Å². The summed E-state index contributed by atoms with van der Waals surface area (Å²) in [6, 6.07) is 1.91. The minimum atomic E-state index is -0.469. The minimum absolute atomic E-state index is 0.193. The smallest absolute Gasteiger partial charge is 0.327 e. The van der Waals surface area contributed by atoms with Crippen LogP contribution < -0.4 is 21.5 Å². The molecule has 8 nitrogen and oxygen atoms in total. The van der Waals surface area contributed by atoms with Crippen LogP contribution in [0.3, 0.4) is 0 Å². The van der Waals surface area contributed by atoms with Gasteiger partial charge in [0.1, 0.15) is 11.6 Å². The van der Waals surface area contributed by atoms with Crippen molar-refractivity contribution in [3.05, 3.63) is 45.1 Å². The first kappa shape index (κ1) is 15.5. The van der Waals surface area contributed by atoms with Gasteiger partial charge in [0, 0.05) is 44.6 Å². The first-order chi connectivity index (χ1) is 11.1. The van der Waals surface area contributed by atoms with Gasteiger partial charge in [0.2, 0.25) is 0 Å². The van der Waals surface area contributed by atoms with Crippen LogP contribution in [-0.4, -0.2) is 38.7 Å². The molecule has 1 unspecified atom stereocenters. The summed E-state index contributed by atoms with van der Waals surface area (Å²) in [5.74, 6) is 1.60. The van der Waals surface area contributed by atoms with Crippen molar-refractivity contribution in [3.63, 3.8) is 0 Å². The normalized spacial score (nSPS) is 19.2. The topological polar surface area (TPSA) is 98.8 Å². The molecule has 0 radical (unpaired) electrons. The third-order valence-electron chi connectivity index (χ3n) is 4.29. The van der Waals surface area contributed by atoms with E-state index >= 15 is 0 Å². The molecular weight excluding hydrogens is 296 g/mol. The lowest BCUT2D eigenvalue weighted by Crippen LogP contribution is -2.37. The summed E-state index contributed by atoms with van der Waals surface area (Å²) in [5, 5.41) is 3.63. The number of nitrogens with one attached hydrogen (secondary N) is 3. The molecule has 3 N–H and O–H groups in total. The second kappa shape index (κ2) is 6.41. The molecule has 0 saturated carbocycles. The molecule has 0 bridgehead atoms. The molecule has 1 aliphatic heterocycles.